The van der Waals surface area contributed by atoms with Gasteiger partial charge in [0.15, 0.2) is 17.3 Å². The van der Waals surface area contributed by atoms with Gasteiger partial charge in [0.1, 0.15) is 6.61 Å². The molecular formula is C16H20FNO2. The predicted molar refractivity (Wildman–Crippen MR) is 78.7 cm³/mol. The summed E-state index contributed by atoms with van der Waals surface area (Å²) >= 11 is 0. The molecule has 0 unspecified atom stereocenters. The van der Waals surface area contributed by atoms with Crippen LogP contribution in [0.1, 0.15) is 17.3 Å². The van der Waals surface area contributed by atoms with E-state index >= 15 is 0 Å². The van der Waals surface area contributed by atoms with E-state index in [9.17, 15) is 9.18 Å². The highest BCUT2D eigenvalue weighted by Crippen LogP contribution is 2.18. The van der Waals surface area contributed by atoms with Gasteiger partial charge in [-0.1, -0.05) is 18.2 Å². The van der Waals surface area contributed by atoms with Crippen molar-refractivity contribution in [3.8, 4) is 5.75 Å². The summed E-state index contributed by atoms with van der Waals surface area (Å²) in [7, 11) is 1.98. The molecule has 0 aromatic heterocycles. The molecule has 0 N–H and O–H groups in total. The number of benzene rings is 1. The molecule has 4 heteroatoms. The van der Waals surface area contributed by atoms with Crippen LogP contribution in [0.15, 0.2) is 43.0 Å². The van der Waals surface area contributed by atoms with Crippen molar-refractivity contribution >= 4 is 5.78 Å². The summed E-state index contributed by atoms with van der Waals surface area (Å²) in [5.74, 6) is -0.533. The average Bonchev–Trinajstić information content (AvgIpc) is 2.40. The fraction of sp³-hybridized carbons (Fsp3) is 0.312. The SMILES string of the molecule is C=CCN(C)CC=CCOc1ccc(C(C)=O)cc1F. The summed E-state index contributed by atoms with van der Waals surface area (Å²) in [6.45, 7) is 6.94. The van der Waals surface area contributed by atoms with Gasteiger partial charge in [0.25, 0.3) is 0 Å². The second-order valence-corrected chi connectivity index (χ2v) is 4.49. The molecule has 108 valence electrons. The minimum absolute atomic E-state index is 0.152. The number of rotatable bonds is 8. The fourth-order valence-corrected chi connectivity index (χ4v) is 1.59. The number of likely N-dealkylation sites (N-methyl/N-ethyl adjacent to an activating group) is 1. The van der Waals surface area contributed by atoms with Gasteiger partial charge in [0.05, 0.1) is 0 Å². The average molecular weight is 277 g/mol. The van der Waals surface area contributed by atoms with Crippen LogP contribution >= 0.6 is 0 Å². The molecule has 0 saturated heterocycles. The smallest absolute Gasteiger partial charge is 0.165 e. The molecule has 0 aliphatic rings. The van der Waals surface area contributed by atoms with Crippen LogP contribution in [-0.2, 0) is 0 Å². The van der Waals surface area contributed by atoms with Crippen LogP contribution in [0, 0.1) is 5.82 Å². The molecule has 0 aliphatic heterocycles. The van der Waals surface area contributed by atoms with Gasteiger partial charge in [0, 0.05) is 18.7 Å². The molecule has 3 nitrogen and oxygen atoms in total. The van der Waals surface area contributed by atoms with Crippen LogP contribution in [-0.4, -0.2) is 37.4 Å². The largest absolute Gasteiger partial charge is 0.486 e. The summed E-state index contributed by atoms with van der Waals surface area (Å²) in [5.41, 5.74) is 0.344. The van der Waals surface area contributed by atoms with E-state index in [1.54, 1.807) is 6.07 Å². The van der Waals surface area contributed by atoms with E-state index in [-0.39, 0.29) is 18.1 Å². The summed E-state index contributed by atoms with van der Waals surface area (Å²) in [4.78, 5) is 13.2. The first-order valence-corrected chi connectivity index (χ1v) is 6.42. The molecule has 0 saturated carbocycles. The van der Waals surface area contributed by atoms with Crippen LogP contribution in [0.4, 0.5) is 4.39 Å². The van der Waals surface area contributed by atoms with E-state index in [2.05, 4.69) is 11.5 Å². The summed E-state index contributed by atoms with van der Waals surface area (Å²) in [5, 5.41) is 0. The van der Waals surface area contributed by atoms with Crippen molar-refractivity contribution in [1.29, 1.82) is 0 Å². The first-order valence-electron chi connectivity index (χ1n) is 6.42. The fourth-order valence-electron chi connectivity index (χ4n) is 1.59. The minimum Gasteiger partial charge on any atom is -0.486 e. The molecule has 0 spiro atoms. The van der Waals surface area contributed by atoms with E-state index in [1.165, 1.54) is 19.1 Å². The van der Waals surface area contributed by atoms with Gasteiger partial charge in [-0.25, -0.2) is 4.39 Å². The molecule has 0 fully saturated rings. The van der Waals surface area contributed by atoms with Crippen molar-refractivity contribution < 1.29 is 13.9 Å². The Kier molecular flexibility index (Phi) is 6.67. The minimum atomic E-state index is -0.519. The Morgan fingerprint density at radius 2 is 2.15 bits per heavy atom. The number of carbonyl (C=O) groups excluding carboxylic acids is 1. The molecule has 1 aromatic rings. The van der Waals surface area contributed by atoms with Gasteiger partial charge >= 0.3 is 0 Å². The maximum Gasteiger partial charge on any atom is 0.165 e. The van der Waals surface area contributed by atoms with Crippen molar-refractivity contribution in [2.24, 2.45) is 0 Å². The van der Waals surface area contributed by atoms with E-state index < -0.39 is 5.82 Å². The highest BCUT2D eigenvalue weighted by molar-refractivity contribution is 5.94. The summed E-state index contributed by atoms with van der Waals surface area (Å²) < 4.78 is 18.9. The highest BCUT2D eigenvalue weighted by Gasteiger charge is 2.06. The second-order valence-electron chi connectivity index (χ2n) is 4.49. The van der Waals surface area contributed by atoms with Crippen molar-refractivity contribution in [2.75, 3.05) is 26.7 Å². The first-order chi connectivity index (χ1) is 9.54. The zero-order valence-electron chi connectivity index (χ0n) is 11.9. The topological polar surface area (TPSA) is 29.5 Å². The van der Waals surface area contributed by atoms with Gasteiger partial charge in [0.2, 0.25) is 0 Å². The second kappa shape index (κ2) is 8.27. The van der Waals surface area contributed by atoms with Crippen molar-refractivity contribution in [3.63, 3.8) is 0 Å². The first kappa shape index (κ1) is 16.1. The van der Waals surface area contributed by atoms with Crippen LogP contribution in [0.25, 0.3) is 0 Å². The molecule has 0 aliphatic carbocycles. The predicted octanol–water partition coefficient (Wildman–Crippen LogP) is 3.08. The van der Waals surface area contributed by atoms with Gasteiger partial charge in [-0.05, 0) is 32.2 Å². The molecule has 0 bridgehead atoms. The van der Waals surface area contributed by atoms with Crippen LogP contribution in [0.3, 0.4) is 0 Å². The molecule has 0 amide bonds. The normalized spacial score (nSPS) is 11.0. The lowest BCUT2D eigenvalue weighted by molar-refractivity contribution is 0.101. The molecule has 0 radical (unpaired) electrons. The number of ether oxygens (including phenoxy) is 1. The number of halogens is 1. The number of carbonyl (C=O) groups is 1. The van der Waals surface area contributed by atoms with E-state index in [0.29, 0.717) is 5.56 Å². The Hall–Kier alpha value is -1.94. The Bertz CT molecular complexity index is 497. The standard InChI is InChI=1S/C16H20FNO2/c1-4-9-18(3)10-5-6-11-20-16-8-7-14(13(2)19)12-15(16)17/h4-8,12H,1,9-11H2,2-3H3. The Morgan fingerprint density at radius 3 is 2.75 bits per heavy atom. The number of Topliss-reactive ketones (excluding diaryl/α,β-unsaturated/α-hetero) is 1. The monoisotopic (exact) mass is 277 g/mol. The van der Waals surface area contributed by atoms with Gasteiger partial charge in [-0.15, -0.1) is 6.58 Å². The number of hydrogen-bond acceptors (Lipinski definition) is 3. The van der Waals surface area contributed by atoms with Crippen molar-refractivity contribution in [2.45, 2.75) is 6.92 Å². The molecule has 20 heavy (non-hydrogen) atoms. The lowest BCUT2D eigenvalue weighted by Crippen LogP contribution is -2.17. The van der Waals surface area contributed by atoms with Crippen LogP contribution < -0.4 is 4.74 Å². The molecule has 0 heterocycles. The van der Waals surface area contributed by atoms with Crippen LogP contribution in [0.5, 0.6) is 5.75 Å². The highest BCUT2D eigenvalue weighted by atomic mass is 19.1. The van der Waals surface area contributed by atoms with E-state index in [1.807, 2.05) is 25.3 Å². The Balaban J connectivity index is 2.44. The molecular weight excluding hydrogens is 257 g/mol. The van der Waals surface area contributed by atoms with E-state index in [4.69, 9.17) is 4.74 Å². The maximum absolute atomic E-state index is 13.6. The number of nitrogens with zero attached hydrogens (tertiary/aromatic N) is 1. The Morgan fingerprint density at radius 1 is 1.40 bits per heavy atom. The quantitative estimate of drug-likeness (QED) is 0.540. The van der Waals surface area contributed by atoms with Crippen molar-refractivity contribution in [3.05, 3.63) is 54.4 Å². The van der Waals surface area contributed by atoms with Crippen molar-refractivity contribution in [1.82, 2.24) is 4.90 Å². The van der Waals surface area contributed by atoms with Gasteiger partial charge in [-0.3, -0.25) is 9.69 Å². The number of ketones is 1. The number of hydrogen-bond donors (Lipinski definition) is 0. The lowest BCUT2D eigenvalue weighted by Gasteiger charge is -2.10. The van der Waals surface area contributed by atoms with Crippen LogP contribution in [0.2, 0.25) is 0 Å². The third kappa shape index (κ3) is 5.36. The molecule has 0 atom stereocenters. The molecule has 1 aromatic carbocycles. The Labute approximate surface area is 119 Å². The lowest BCUT2D eigenvalue weighted by atomic mass is 10.1. The summed E-state index contributed by atoms with van der Waals surface area (Å²) in [6.07, 6.45) is 5.61. The third-order valence-corrected chi connectivity index (χ3v) is 2.70. The molecule has 1 rings (SSSR count). The summed E-state index contributed by atoms with van der Waals surface area (Å²) in [6, 6.07) is 4.23. The van der Waals surface area contributed by atoms with Gasteiger partial charge < -0.3 is 4.74 Å². The zero-order chi connectivity index (χ0) is 15.0. The van der Waals surface area contributed by atoms with Gasteiger partial charge in [-0.2, -0.15) is 0 Å². The zero-order valence-corrected chi connectivity index (χ0v) is 11.9. The third-order valence-electron chi connectivity index (χ3n) is 2.70. The maximum atomic E-state index is 13.6. The van der Waals surface area contributed by atoms with E-state index in [0.717, 1.165) is 13.1 Å².